The molecule has 1 aliphatic rings. The summed E-state index contributed by atoms with van der Waals surface area (Å²) in [4.78, 5) is 19.3. The molecule has 0 aliphatic carbocycles. The van der Waals surface area contributed by atoms with Crippen LogP contribution in [-0.4, -0.2) is 89.2 Å². The van der Waals surface area contributed by atoms with E-state index in [9.17, 15) is 4.79 Å². The van der Waals surface area contributed by atoms with Gasteiger partial charge in [0.15, 0.2) is 11.5 Å². The van der Waals surface area contributed by atoms with Crippen LogP contribution >= 0.6 is 0 Å². The van der Waals surface area contributed by atoms with E-state index in [2.05, 4.69) is 51.3 Å². The van der Waals surface area contributed by atoms with E-state index < -0.39 is 0 Å². The molecule has 3 aromatic rings. The summed E-state index contributed by atoms with van der Waals surface area (Å²) in [6, 6.07) is 14.3. The van der Waals surface area contributed by atoms with Gasteiger partial charge in [-0.3, -0.25) is 19.0 Å². The standard InChI is InChI=1S/C23H30N6O2/c1-26-11-12-28(15-18-7-5-4-6-8-18)17-20(26)22-25-24-21-10-9-19(16-29(21)22)23(30)27(2)13-14-31-3/h4-10,16,20H,11-15,17H2,1-3H3. The second kappa shape index (κ2) is 9.55. The maximum absolute atomic E-state index is 12.8. The third kappa shape index (κ3) is 4.76. The van der Waals surface area contributed by atoms with E-state index in [-0.39, 0.29) is 11.9 Å². The average Bonchev–Trinajstić information content (AvgIpc) is 3.22. The van der Waals surface area contributed by atoms with Crippen molar-refractivity contribution in [1.82, 2.24) is 29.3 Å². The summed E-state index contributed by atoms with van der Waals surface area (Å²) >= 11 is 0. The van der Waals surface area contributed by atoms with E-state index >= 15 is 0 Å². The SMILES string of the molecule is COCCN(C)C(=O)c1ccc2nnc(C3CN(Cc4ccccc4)CCN3C)n2c1. The van der Waals surface area contributed by atoms with Gasteiger partial charge in [-0.25, -0.2) is 0 Å². The third-order valence-corrected chi connectivity index (χ3v) is 5.93. The van der Waals surface area contributed by atoms with Crippen LogP contribution in [0.4, 0.5) is 0 Å². The van der Waals surface area contributed by atoms with Crippen LogP contribution in [0.2, 0.25) is 0 Å². The molecule has 1 saturated heterocycles. The van der Waals surface area contributed by atoms with Crippen LogP contribution in [0.1, 0.15) is 27.8 Å². The summed E-state index contributed by atoms with van der Waals surface area (Å²) in [6.07, 6.45) is 1.86. The van der Waals surface area contributed by atoms with Gasteiger partial charge >= 0.3 is 0 Å². The van der Waals surface area contributed by atoms with Gasteiger partial charge in [0.2, 0.25) is 0 Å². The molecule has 0 radical (unpaired) electrons. The van der Waals surface area contributed by atoms with Crippen molar-refractivity contribution in [3.63, 3.8) is 0 Å². The number of fused-ring (bicyclic) bond motifs is 1. The quantitative estimate of drug-likeness (QED) is 0.580. The van der Waals surface area contributed by atoms with Crippen LogP contribution in [0.5, 0.6) is 0 Å². The number of pyridine rings is 1. The minimum Gasteiger partial charge on any atom is -0.383 e. The van der Waals surface area contributed by atoms with Crippen LogP contribution in [-0.2, 0) is 11.3 Å². The van der Waals surface area contributed by atoms with Crippen LogP contribution in [0.25, 0.3) is 5.65 Å². The molecule has 0 N–H and O–H groups in total. The highest BCUT2D eigenvalue weighted by molar-refractivity contribution is 5.94. The summed E-state index contributed by atoms with van der Waals surface area (Å²) in [5.74, 6) is 0.825. The molecule has 4 rings (SSSR count). The summed E-state index contributed by atoms with van der Waals surface area (Å²) < 4.78 is 7.05. The van der Waals surface area contributed by atoms with E-state index in [1.807, 2.05) is 28.8 Å². The number of amides is 1. The van der Waals surface area contributed by atoms with E-state index in [1.165, 1.54) is 5.56 Å². The lowest BCUT2D eigenvalue weighted by Gasteiger charge is -2.38. The highest BCUT2D eigenvalue weighted by atomic mass is 16.5. The third-order valence-electron chi connectivity index (χ3n) is 5.93. The summed E-state index contributed by atoms with van der Waals surface area (Å²) in [7, 11) is 5.55. The Morgan fingerprint density at radius 1 is 1.16 bits per heavy atom. The van der Waals surface area contributed by atoms with Gasteiger partial charge in [0.05, 0.1) is 18.2 Å². The lowest BCUT2D eigenvalue weighted by Crippen LogP contribution is -2.46. The molecule has 0 spiro atoms. The number of carbonyl (C=O) groups is 1. The van der Waals surface area contributed by atoms with E-state index in [1.54, 1.807) is 19.1 Å². The summed E-state index contributed by atoms with van der Waals surface area (Å²) in [5.41, 5.74) is 2.68. The first-order chi connectivity index (χ1) is 15.1. The van der Waals surface area contributed by atoms with Crippen molar-refractivity contribution in [1.29, 1.82) is 0 Å². The minimum atomic E-state index is -0.0405. The molecule has 1 fully saturated rings. The van der Waals surface area contributed by atoms with E-state index in [4.69, 9.17) is 4.74 Å². The summed E-state index contributed by atoms with van der Waals surface area (Å²) in [5, 5.41) is 8.86. The molecule has 1 amide bonds. The largest absolute Gasteiger partial charge is 0.383 e. The molecular weight excluding hydrogens is 392 g/mol. The first kappa shape index (κ1) is 21.4. The highest BCUT2D eigenvalue weighted by Crippen LogP contribution is 2.25. The minimum absolute atomic E-state index is 0.0405. The average molecular weight is 423 g/mol. The lowest BCUT2D eigenvalue weighted by molar-refractivity contribution is 0.0743. The Morgan fingerprint density at radius 3 is 2.74 bits per heavy atom. The molecular formula is C23H30N6O2. The Bertz CT molecular complexity index is 1020. The first-order valence-electron chi connectivity index (χ1n) is 10.6. The van der Waals surface area contributed by atoms with Crippen LogP contribution in [0, 0.1) is 0 Å². The number of benzene rings is 1. The zero-order valence-electron chi connectivity index (χ0n) is 18.4. The van der Waals surface area contributed by atoms with Gasteiger partial charge in [-0.2, -0.15) is 0 Å². The first-order valence-corrected chi connectivity index (χ1v) is 10.6. The fraction of sp³-hybridized carbons (Fsp3) is 0.435. The molecule has 164 valence electrons. The van der Waals surface area contributed by atoms with Gasteiger partial charge in [0.1, 0.15) is 0 Å². The highest BCUT2D eigenvalue weighted by Gasteiger charge is 2.29. The van der Waals surface area contributed by atoms with Crippen molar-refractivity contribution in [2.45, 2.75) is 12.6 Å². The molecule has 0 bridgehead atoms. The van der Waals surface area contributed by atoms with Gasteiger partial charge < -0.3 is 9.64 Å². The maximum Gasteiger partial charge on any atom is 0.255 e. The molecule has 1 atom stereocenters. The monoisotopic (exact) mass is 422 g/mol. The molecule has 0 saturated carbocycles. The molecule has 2 aromatic heterocycles. The van der Waals surface area contributed by atoms with Gasteiger partial charge in [-0.15, -0.1) is 10.2 Å². The van der Waals surface area contributed by atoms with E-state index in [0.717, 1.165) is 37.7 Å². The predicted octanol–water partition coefficient (Wildman–Crippen LogP) is 1.94. The van der Waals surface area contributed by atoms with Crippen molar-refractivity contribution < 1.29 is 9.53 Å². The zero-order chi connectivity index (χ0) is 21.8. The van der Waals surface area contributed by atoms with Gasteiger partial charge in [-0.1, -0.05) is 30.3 Å². The molecule has 1 aliphatic heterocycles. The molecule has 1 aromatic carbocycles. The Morgan fingerprint density at radius 2 is 1.97 bits per heavy atom. The van der Waals surface area contributed by atoms with Crippen molar-refractivity contribution in [2.24, 2.45) is 0 Å². The van der Waals surface area contributed by atoms with Gasteiger partial charge in [-0.05, 0) is 24.7 Å². The van der Waals surface area contributed by atoms with Gasteiger partial charge in [0.25, 0.3) is 5.91 Å². The number of methoxy groups -OCH3 is 1. The predicted molar refractivity (Wildman–Crippen MR) is 119 cm³/mol. The summed E-state index contributed by atoms with van der Waals surface area (Å²) in [6.45, 7) is 4.78. The fourth-order valence-corrected chi connectivity index (χ4v) is 4.01. The van der Waals surface area contributed by atoms with Crippen LogP contribution in [0.3, 0.4) is 0 Å². The van der Waals surface area contributed by atoms with Crippen molar-refractivity contribution in [3.05, 3.63) is 65.6 Å². The number of hydrogen-bond acceptors (Lipinski definition) is 6. The fourth-order valence-electron chi connectivity index (χ4n) is 4.01. The Balaban J connectivity index is 1.56. The smallest absolute Gasteiger partial charge is 0.255 e. The van der Waals surface area contributed by atoms with Gasteiger partial charge in [0, 0.05) is 53.1 Å². The molecule has 31 heavy (non-hydrogen) atoms. The number of ether oxygens (including phenoxy) is 1. The second-order valence-electron chi connectivity index (χ2n) is 8.14. The molecule has 8 heteroatoms. The number of hydrogen-bond donors (Lipinski definition) is 0. The van der Waals surface area contributed by atoms with Crippen molar-refractivity contribution in [3.8, 4) is 0 Å². The zero-order valence-corrected chi connectivity index (χ0v) is 18.4. The lowest BCUT2D eigenvalue weighted by atomic mass is 10.1. The van der Waals surface area contributed by atoms with Crippen LogP contribution < -0.4 is 0 Å². The topological polar surface area (TPSA) is 66.2 Å². The number of nitrogens with zero attached hydrogens (tertiary/aromatic N) is 6. The number of piperazine rings is 1. The number of carbonyl (C=O) groups excluding carboxylic acids is 1. The molecule has 1 unspecified atom stereocenters. The number of aromatic nitrogens is 3. The molecule has 8 nitrogen and oxygen atoms in total. The number of likely N-dealkylation sites (N-methyl/N-ethyl adjacent to an activating group) is 2. The van der Waals surface area contributed by atoms with Crippen LogP contribution in [0.15, 0.2) is 48.7 Å². The molecule has 3 heterocycles. The number of rotatable bonds is 7. The normalized spacial score (nSPS) is 17.8. The van der Waals surface area contributed by atoms with Crippen molar-refractivity contribution in [2.75, 3.05) is 54.0 Å². The Labute approximate surface area is 183 Å². The van der Waals surface area contributed by atoms with Crippen molar-refractivity contribution >= 4 is 11.6 Å². The van der Waals surface area contributed by atoms with E-state index in [0.29, 0.717) is 18.7 Å². The second-order valence-corrected chi connectivity index (χ2v) is 8.14. The Kier molecular flexibility index (Phi) is 6.60. The maximum atomic E-state index is 12.8. The Hall–Kier alpha value is -2.81.